The summed E-state index contributed by atoms with van der Waals surface area (Å²) in [4.78, 5) is 26.0. The molecule has 2 rings (SSSR count). The highest BCUT2D eigenvalue weighted by atomic mass is 32.1. The molecule has 0 fully saturated rings. The molecular formula is C19H21F2NO4S. The molecule has 146 valence electrons. The van der Waals surface area contributed by atoms with Crippen LogP contribution in [-0.4, -0.2) is 24.6 Å². The lowest BCUT2D eigenvalue weighted by Gasteiger charge is -2.15. The topological polar surface area (TPSA) is 64.6 Å². The van der Waals surface area contributed by atoms with Crippen molar-refractivity contribution < 1.29 is 27.8 Å². The third kappa shape index (κ3) is 5.75. The van der Waals surface area contributed by atoms with Gasteiger partial charge in [0.15, 0.2) is 6.10 Å². The number of esters is 1. The van der Waals surface area contributed by atoms with Gasteiger partial charge in [-0.2, -0.15) is 8.78 Å². The molecule has 1 heterocycles. The molecule has 0 aliphatic rings. The Balaban J connectivity index is 2.01. The van der Waals surface area contributed by atoms with Gasteiger partial charge in [-0.25, -0.2) is 4.79 Å². The molecule has 1 aromatic carbocycles. The Morgan fingerprint density at radius 3 is 2.63 bits per heavy atom. The number of hydrogen-bond acceptors (Lipinski definition) is 5. The number of nitrogens with one attached hydrogen (secondary N) is 1. The minimum absolute atomic E-state index is 0.0721. The minimum atomic E-state index is -3.02. The van der Waals surface area contributed by atoms with Crippen LogP contribution in [-0.2, 0) is 16.0 Å². The molecule has 0 unspecified atom stereocenters. The minimum Gasteiger partial charge on any atom is -0.448 e. The average Bonchev–Trinajstić information content (AvgIpc) is 2.97. The number of alkyl halides is 2. The van der Waals surface area contributed by atoms with Gasteiger partial charge in [-0.1, -0.05) is 25.5 Å². The zero-order valence-electron chi connectivity index (χ0n) is 15.3. The number of ether oxygens (including phenoxy) is 2. The first kappa shape index (κ1) is 20.8. The molecule has 0 aliphatic carbocycles. The number of halogens is 2. The Hall–Kier alpha value is -2.48. The number of para-hydroxylation sites is 2. The zero-order chi connectivity index (χ0) is 20.0. The molecule has 2 aromatic rings. The van der Waals surface area contributed by atoms with Gasteiger partial charge < -0.3 is 14.8 Å². The van der Waals surface area contributed by atoms with Gasteiger partial charge in [0.25, 0.3) is 5.91 Å². The molecule has 1 N–H and O–H groups in total. The Labute approximate surface area is 160 Å². The lowest BCUT2D eigenvalue weighted by molar-refractivity contribution is -0.123. The second-order valence-electron chi connectivity index (χ2n) is 5.85. The lowest BCUT2D eigenvalue weighted by atomic mass is 10.1. The van der Waals surface area contributed by atoms with Crippen molar-refractivity contribution in [1.29, 1.82) is 0 Å². The summed E-state index contributed by atoms with van der Waals surface area (Å²) < 4.78 is 34.5. The van der Waals surface area contributed by atoms with Crippen molar-refractivity contribution in [3.63, 3.8) is 0 Å². The molecule has 1 amide bonds. The van der Waals surface area contributed by atoms with Gasteiger partial charge in [0, 0.05) is 4.88 Å². The molecule has 5 nitrogen and oxygen atoms in total. The van der Waals surface area contributed by atoms with Crippen LogP contribution in [0.25, 0.3) is 0 Å². The Morgan fingerprint density at radius 1 is 1.26 bits per heavy atom. The first-order chi connectivity index (χ1) is 12.8. The Bertz CT molecular complexity index is 807. The summed E-state index contributed by atoms with van der Waals surface area (Å²) in [5.41, 5.74) is 1.16. The SMILES string of the molecule is CCCc1cc(C(=O)O[C@H](C)C(=O)Nc2ccccc2OC(F)F)sc1C. The number of rotatable bonds is 8. The summed E-state index contributed by atoms with van der Waals surface area (Å²) in [6, 6.07) is 7.58. The number of amides is 1. The fraction of sp³-hybridized carbons (Fsp3) is 0.368. The number of hydrogen-bond donors (Lipinski definition) is 1. The van der Waals surface area contributed by atoms with Crippen LogP contribution >= 0.6 is 11.3 Å². The van der Waals surface area contributed by atoms with Crippen molar-refractivity contribution in [3.8, 4) is 5.75 Å². The number of benzene rings is 1. The summed E-state index contributed by atoms with van der Waals surface area (Å²) in [5, 5.41) is 2.44. The van der Waals surface area contributed by atoms with Crippen LogP contribution < -0.4 is 10.1 Å². The van der Waals surface area contributed by atoms with Crippen LogP contribution in [0.15, 0.2) is 30.3 Å². The van der Waals surface area contributed by atoms with Gasteiger partial charge in [-0.05, 0) is 44.0 Å². The lowest BCUT2D eigenvalue weighted by Crippen LogP contribution is -2.30. The highest BCUT2D eigenvalue weighted by Crippen LogP contribution is 2.26. The maximum absolute atomic E-state index is 12.4. The normalized spacial score (nSPS) is 11.9. The summed E-state index contributed by atoms with van der Waals surface area (Å²) in [6.45, 7) is 2.38. The molecule has 1 atom stereocenters. The highest BCUT2D eigenvalue weighted by molar-refractivity contribution is 7.14. The average molecular weight is 397 g/mol. The zero-order valence-corrected chi connectivity index (χ0v) is 16.1. The molecule has 0 bridgehead atoms. The third-order valence-electron chi connectivity index (χ3n) is 3.76. The maximum atomic E-state index is 12.4. The standard InChI is InChI=1S/C19H21F2NO4S/c1-4-7-13-10-16(27-12(13)3)18(24)25-11(2)17(23)22-14-8-5-6-9-15(14)26-19(20)21/h5-6,8-11,19H,4,7H2,1-3H3,(H,22,23)/t11-/m1/s1. The second-order valence-corrected chi connectivity index (χ2v) is 7.11. The Kier molecular flexibility index (Phi) is 7.29. The monoisotopic (exact) mass is 397 g/mol. The number of thiophene rings is 1. The highest BCUT2D eigenvalue weighted by Gasteiger charge is 2.22. The quantitative estimate of drug-likeness (QED) is 0.650. The van der Waals surface area contributed by atoms with Crippen molar-refractivity contribution >= 4 is 28.9 Å². The Morgan fingerprint density at radius 2 is 1.96 bits per heavy atom. The molecule has 0 radical (unpaired) electrons. The molecule has 27 heavy (non-hydrogen) atoms. The first-order valence-corrected chi connectivity index (χ1v) is 9.28. The predicted octanol–water partition coefficient (Wildman–Crippen LogP) is 4.79. The van der Waals surface area contributed by atoms with Crippen LogP contribution in [0.5, 0.6) is 5.75 Å². The van der Waals surface area contributed by atoms with Crippen LogP contribution in [0.1, 0.15) is 40.4 Å². The number of aryl methyl sites for hydroxylation is 2. The predicted molar refractivity (Wildman–Crippen MR) is 99.6 cm³/mol. The van der Waals surface area contributed by atoms with Gasteiger partial charge in [-0.3, -0.25) is 4.79 Å². The molecule has 0 spiro atoms. The van der Waals surface area contributed by atoms with Gasteiger partial charge >= 0.3 is 12.6 Å². The van der Waals surface area contributed by atoms with E-state index in [4.69, 9.17) is 4.74 Å². The molecule has 0 saturated carbocycles. The number of anilines is 1. The van der Waals surface area contributed by atoms with E-state index in [0.29, 0.717) is 4.88 Å². The molecular weight excluding hydrogens is 376 g/mol. The summed E-state index contributed by atoms with van der Waals surface area (Å²) in [7, 11) is 0. The van der Waals surface area contributed by atoms with Crippen molar-refractivity contribution in [2.24, 2.45) is 0 Å². The molecule has 8 heteroatoms. The van der Waals surface area contributed by atoms with Crippen LogP contribution in [0.3, 0.4) is 0 Å². The van der Waals surface area contributed by atoms with E-state index < -0.39 is 24.6 Å². The van der Waals surface area contributed by atoms with E-state index in [-0.39, 0.29) is 11.4 Å². The molecule has 1 aromatic heterocycles. The summed E-state index contributed by atoms with van der Waals surface area (Å²) >= 11 is 1.32. The smallest absolute Gasteiger partial charge is 0.387 e. The number of carbonyl (C=O) groups excluding carboxylic acids is 2. The summed E-state index contributed by atoms with van der Waals surface area (Å²) in [6.07, 6.45) is 0.728. The molecule has 0 aliphatic heterocycles. The third-order valence-corrected chi connectivity index (χ3v) is 4.83. The van der Waals surface area contributed by atoms with Crippen molar-refractivity contribution in [1.82, 2.24) is 0 Å². The van der Waals surface area contributed by atoms with E-state index in [1.54, 1.807) is 12.1 Å². The van der Waals surface area contributed by atoms with Crippen molar-refractivity contribution in [3.05, 3.63) is 45.6 Å². The van der Waals surface area contributed by atoms with Gasteiger partial charge in [0.05, 0.1) is 5.69 Å². The van der Waals surface area contributed by atoms with Crippen LogP contribution in [0.2, 0.25) is 0 Å². The van der Waals surface area contributed by atoms with E-state index in [1.807, 2.05) is 6.92 Å². The fourth-order valence-corrected chi connectivity index (χ4v) is 3.37. The van der Waals surface area contributed by atoms with Crippen molar-refractivity contribution in [2.75, 3.05) is 5.32 Å². The summed E-state index contributed by atoms with van der Waals surface area (Å²) in [5.74, 6) is -1.40. The van der Waals surface area contributed by atoms with Crippen LogP contribution in [0.4, 0.5) is 14.5 Å². The maximum Gasteiger partial charge on any atom is 0.387 e. The van der Waals surface area contributed by atoms with Gasteiger partial charge in [-0.15, -0.1) is 11.3 Å². The van der Waals surface area contributed by atoms with Gasteiger partial charge in [0.2, 0.25) is 0 Å². The van der Waals surface area contributed by atoms with E-state index in [9.17, 15) is 18.4 Å². The van der Waals surface area contributed by atoms with E-state index in [2.05, 4.69) is 17.0 Å². The largest absolute Gasteiger partial charge is 0.448 e. The van der Waals surface area contributed by atoms with Gasteiger partial charge in [0.1, 0.15) is 10.6 Å². The first-order valence-electron chi connectivity index (χ1n) is 8.46. The second kappa shape index (κ2) is 9.45. The van der Waals surface area contributed by atoms with E-state index in [0.717, 1.165) is 23.3 Å². The van der Waals surface area contributed by atoms with E-state index >= 15 is 0 Å². The van der Waals surface area contributed by atoms with Crippen LogP contribution in [0, 0.1) is 6.92 Å². The van der Waals surface area contributed by atoms with Crippen molar-refractivity contribution in [2.45, 2.75) is 46.3 Å². The fourth-order valence-electron chi connectivity index (χ4n) is 2.41. The number of carbonyl (C=O) groups is 2. The van der Waals surface area contributed by atoms with E-state index in [1.165, 1.54) is 36.5 Å². The molecule has 0 saturated heterocycles.